The van der Waals surface area contributed by atoms with Crippen LogP contribution in [0.4, 0.5) is 13.2 Å². The summed E-state index contributed by atoms with van der Waals surface area (Å²) >= 11 is 0. The molecule has 0 aromatic rings. The Balaban J connectivity index is 3.93. The fourth-order valence-electron chi connectivity index (χ4n) is 1.39. The third-order valence-corrected chi connectivity index (χ3v) is 2.12. The number of aliphatic imine (C=N–C) groups is 1. The number of nitrogens with one attached hydrogen (secondary N) is 2. The second-order valence-electron chi connectivity index (χ2n) is 4.02. The van der Waals surface area contributed by atoms with Crippen LogP contribution < -0.4 is 10.6 Å². The van der Waals surface area contributed by atoms with Crippen LogP contribution in [0.5, 0.6) is 0 Å². The minimum absolute atomic E-state index is 0.345. The fourth-order valence-corrected chi connectivity index (χ4v) is 1.39. The van der Waals surface area contributed by atoms with E-state index in [1.165, 1.54) is 11.9 Å². The molecule has 0 aromatic carbocycles. The van der Waals surface area contributed by atoms with Gasteiger partial charge >= 0.3 is 6.18 Å². The molecular weight excluding hydrogens is 257 g/mol. The van der Waals surface area contributed by atoms with Crippen molar-refractivity contribution in [1.82, 2.24) is 15.5 Å². The number of guanidine groups is 1. The van der Waals surface area contributed by atoms with E-state index < -0.39 is 12.7 Å². The zero-order chi connectivity index (χ0) is 14.7. The molecule has 4 nitrogen and oxygen atoms in total. The number of alkyl halides is 3. The van der Waals surface area contributed by atoms with Gasteiger partial charge in [-0.3, -0.25) is 9.89 Å². The molecule has 7 heteroatoms. The Hall–Kier alpha value is -1.42. The summed E-state index contributed by atoms with van der Waals surface area (Å²) in [4.78, 5) is 5.44. The highest BCUT2D eigenvalue weighted by Gasteiger charge is 2.28. The van der Waals surface area contributed by atoms with Gasteiger partial charge in [-0.2, -0.15) is 13.2 Å². The highest BCUT2D eigenvalue weighted by Crippen LogP contribution is 2.15. The molecule has 0 spiro atoms. The van der Waals surface area contributed by atoms with Gasteiger partial charge in [-0.05, 0) is 26.9 Å². The first-order chi connectivity index (χ1) is 8.89. The van der Waals surface area contributed by atoms with Crippen LogP contribution in [0.15, 0.2) is 4.99 Å². The fraction of sp³-hybridized carbons (Fsp3) is 0.750. The van der Waals surface area contributed by atoms with Crippen molar-refractivity contribution in [3.63, 3.8) is 0 Å². The molecule has 0 aliphatic carbocycles. The molecule has 0 atom stereocenters. The van der Waals surface area contributed by atoms with Gasteiger partial charge in [-0.1, -0.05) is 5.92 Å². The lowest BCUT2D eigenvalue weighted by molar-refractivity contribution is -0.143. The van der Waals surface area contributed by atoms with Crippen LogP contribution in [0, 0.1) is 12.3 Å². The minimum Gasteiger partial charge on any atom is -0.357 e. The SMILES string of the molecule is C#CCNC(=NCCCN(C)CC(F)(F)F)NCC. The summed E-state index contributed by atoms with van der Waals surface area (Å²) in [7, 11) is 1.44. The molecule has 0 aliphatic rings. The Morgan fingerprint density at radius 2 is 2.05 bits per heavy atom. The monoisotopic (exact) mass is 278 g/mol. The predicted octanol–water partition coefficient (Wildman–Crippen LogP) is 1.06. The Morgan fingerprint density at radius 3 is 2.58 bits per heavy atom. The van der Waals surface area contributed by atoms with Gasteiger partial charge in [0.05, 0.1) is 13.1 Å². The molecule has 0 saturated carbocycles. The van der Waals surface area contributed by atoms with Gasteiger partial charge in [-0.15, -0.1) is 6.42 Å². The summed E-state index contributed by atoms with van der Waals surface area (Å²) in [5.74, 6) is 3.01. The van der Waals surface area contributed by atoms with Gasteiger partial charge in [0.2, 0.25) is 0 Å². The molecular formula is C12H21F3N4. The zero-order valence-electron chi connectivity index (χ0n) is 11.3. The maximum absolute atomic E-state index is 12.1. The van der Waals surface area contributed by atoms with Crippen molar-refractivity contribution in [2.75, 3.05) is 39.8 Å². The average molecular weight is 278 g/mol. The molecule has 0 radical (unpaired) electrons. The Morgan fingerprint density at radius 1 is 1.37 bits per heavy atom. The highest BCUT2D eigenvalue weighted by atomic mass is 19.4. The Labute approximate surface area is 112 Å². The largest absolute Gasteiger partial charge is 0.401 e. The minimum atomic E-state index is -4.15. The molecule has 0 saturated heterocycles. The Bertz CT molecular complexity index is 307. The molecule has 110 valence electrons. The molecule has 0 rings (SSSR count). The van der Waals surface area contributed by atoms with Gasteiger partial charge in [0.15, 0.2) is 5.96 Å². The first-order valence-electron chi connectivity index (χ1n) is 6.10. The molecule has 0 amide bonds. The molecule has 0 aromatic heterocycles. The van der Waals surface area contributed by atoms with E-state index in [1.54, 1.807) is 0 Å². The summed E-state index contributed by atoms with van der Waals surface area (Å²) in [6, 6.07) is 0. The maximum atomic E-state index is 12.1. The van der Waals surface area contributed by atoms with E-state index in [-0.39, 0.29) is 0 Å². The highest BCUT2D eigenvalue weighted by molar-refractivity contribution is 5.79. The van der Waals surface area contributed by atoms with E-state index in [0.29, 0.717) is 38.6 Å². The van der Waals surface area contributed by atoms with Gasteiger partial charge in [0.25, 0.3) is 0 Å². The van der Waals surface area contributed by atoms with Crippen LogP contribution in [-0.4, -0.2) is 56.8 Å². The van der Waals surface area contributed by atoms with Gasteiger partial charge in [0, 0.05) is 13.1 Å². The van der Waals surface area contributed by atoms with Crippen molar-refractivity contribution in [1.29, 1.82) is 0 Å². The molecule has 0 fully saturated rings. The number of halogens is 3. The summed E-state index contributed by atoms with van der Waals surface area (Å²) in [5.41, 5.74) is 0. The van der Waals surface area contributed by atoms with E-state index in [9.17, 15) is 13.2 Å². The van der Waals surface area contributed by atoms with Crippen molar-refractivity contribution in [3.05, 3.63) is 0 Å². The zero-order valence-corrected chi connectivity index (χ0v) is 11.3. The first-order valence-corrected chi connectivity index (χ1v) is 6.10. The van der Waals surface area contributed by atoms with Gasteiger partial charge < -0.3 is 10.6 Å². The third-order valence-electron chi connectivity index (χ3n) is 2.12. The van der Waals surface area contributed by atoms with Crippen LogP contribution in [0.2, 0.25) is 0 Å². The number of hydrogen-bond acceptors (Lipinski definition) is 2. The third kappa shape index (κ3) is 11.4. The van der Waals surface area contributed by atoms with Crippen molar-refractivity contribution < 1.29 is 13.2 Å². The normalized spacial score (nSPS) is 12.4. The summed E-state index contributed by atoms with van der Waals surface area (Å²) in [6.07, 6.45) is 1.52. The van der Waals surface area contributed by atoms with Crippen LogP contribution in [-0.2, 0) is 0 Å². The van der Waals surface area contributed by atoms with E-state index >= 15 is 0 Å². The first kappa shape index (κ1) is 17.6. The van der Waals surface area contributed by atoms with E-state index in [1.807, 2.05) is 6.92 Å². The summed E-state index contributed by atoms with van der Waals surface area (Å²) < 4.78 is 36.2. The second-order valence-corrected chi connectivity index (χ2v) is 4.02. The number of terminal acetylenes is 1. The van der Waals surface area contributed by atoms with Gasteiger partial charge in [-0.25, -0.2) is 0 Å². The number of rotatable bonds is 7. The standard InChI is InChI=1S/C12H21F3N4/c1-4-7-17-11(16-5-2)18-8-6-9-19(3)10-12(13,14)15/h1H,5-10H2,2-3H3,(H2,16,17,18). The summed E-state index contributed by atoms with van der Waals surface area (Å²) in [5, 5.41) is 5.90. The maximum Gasteiger partial charge on any atom is 0.401 e. The predicted molar refractivity (Wildman–Crippen MR) is 71.0 cm³/mol. The number of nitrogens with zero attached hydrogens (tertiary/aromatic N) is 2. The van der Waals surface area contributed by atoms with Crippen LogP contribution in [0.25, 0.3) is 0 Å². The molecule has 0 heterocycles. The second kappa shape index (κ2) is 9.50. The lowest BCUT2D eigenvalue weighted by atomic mass is 10.4. The molecule has 0 unspecified atom stereocenters. The van der Waals surface area contributed by atoms with Crippen molar-refractivity contribution >= 4 is 5.96 Å². The Kier molecular flexibility index (Phi) is 8.79. The smallest absolute Gasteiger partial charge is 0.357 e. The van der Waals surface area contributed by atoms with E-state index in [2.05, 4.69) is 21.5 Å². The topological polar surface area (TPSA) is 39.7 Å². The van der Waals surface area contributed by atoms with E-state index in [0.717, 1.165) is 0 Å². The molecule has 0 aliphatic heterocycles. The van der Waals surface area contributed by atoms with Crippen molar-refractivity contribution in [2.45, 2.75) is 19.5 Å². The lowest BCUT2D eigenvalue weighted by Crippen LogP contribution is -2.37. The van der Waals surface area contributed by atoms with Crippen LogP contribution in [0.1, 0.15) is 13.3 Å². The lowest BCUT2D eigenvalue weighted by Gasteiger charge is -2.17. The van der Waals surface area contributed by atoms with Gasteiger partial charge in [0.1, 0.15) is 0 Å². The van der Waals surface area contributed by atoms with Crippen molar-refractivity contribution in [3.8, 4) is 12.3 Å². The quantitative estimate of drug-likeness (QED) is 0.317. The summed E-state index contributed by atoms with van der Waals surface area (Å²) in [6.45, 7) is 2.88. The van der Waals surface area contributed by atoms with Crippen LogP contribution >= 0.6 is 0 Å². The van der Waals surface area contributed by atoms with Crippen molar-refractivity contribution in [2.24, 2.45) is 4.99 Å². The molecule has 0 bridgehead atoms. The molecule has 19 heavy (non-hydrogen) atoms. The molecule has 2 N–H and O–H groups in total. The average Bonchev–Trinajstić information content (AvgIpc) is 2.29. The van der Waals surface area contributed by atoms with E-state index in [4.69, 9.17) is 6.42 Å². The number of hydrogen-bond donors (Lipinski definition) is 2. The van der Waals surface area contributed by atoms with Crippen LogP contribution in [0.3, 0.4) is 0 Å².